The summed E-state index contributed by atoms with van der Waals surface area (Å²) in [5, 5.41) is 20.2. The van der Waals surface area contributed by atoms with E-state index in [1.807, 2.05) is 12.1 Å². The summed E-state index contributed by atoms with van der Waals surface area (Å²) >= 11 is 0. The third kappa shape index (κ3) is 1.81. The number of aliphatic hydroxyl groups is 1. The molecule has 2 saturated carbocycles. The Balaban J connectivity index is 1.75. The Labute approximate surface area is 127 Å². The minimum Gasteiger partial charge on any atom is -0.508 e. The summed E-state index contributed by atoms with van der Waals surface area (Å²) in [4.78, 5) is 0. The molecule has 3 unspecified atom stereocenters. The molecule has 2 N–H and O–H groups in total. The standard InChI is InChI=1S/C19H26O2/c1-11-9-16-14(13-4-3-12(20)10-15(11)13)7-8-19(2)17(16)5-6-18(19)21/h3-4,10-11,14,16-18,20-21H,5-9H2,1-2H3/t11-,14?,16?,17?,18-,19-/m0/s1. The number of fused-ring (bicyclic) bond motifs is 5. The summed E-state index contributed by atoms with van der Waals surface area (Å²) in [5.41, 5.74) is 2.98. The molecule has 0 bridgehead atoms. The first-order valence-corrected chi connectivity index (χ1v) is 8.51. The Morgan fingerprint density at radius 3 is 2.76 bits per heavy atom. The van der Waals surface area contributed by atoms with Gasteiger partial charge in [0.2, 0.25) is 0 Å². The van der Waals surface area contributed by atoms with Crippen LogP contribution in [0.25, 0.3) is 0 Å². The van der Waals surface area contributed by atoms with E-state index in [1.54, 1.807) is 0 Å². The molecule has 2 fully saturated rings. The lowest BCUT2D eigenvalue weighted by atomic mass is 9.54. The normalized spacial score (nSPS) is 44.8. The van der Waals surface area contributed by atoms with Crippen molar-refractivity contribution in [1.82, 2.24) is 0 Å². The van der Waals surface area contributed by atoms with Crippen LogP contribution < -0.4 is 0 Å². The fourth-order valence-electron chi connectivity index (χ4n) is 5.84. The molecule has 1 aromatic rings. The van der Waals surface area contributed by atoms with Gasteiger partial charge >= 0.3 is 0 Å². The van der Waals surface area contributed by atoms with E-state index in [1.165, 1.54) is 30.4 Å². The van der Waals surface area contributed by atoms with Crippen molar-refractivity contribution in [1.29, 1.82) is 0 Å². The number of rotatable bonds is 0. The molecule has 2 nitrogen and oxygen atoms in total. The quantitative estimate of drug-likeness (QED) is 0.751. The van der Waals surface area contributed by atoms with Gasteiger partial charge in [0.15, 0.2) is 0 Å². The zero-order chi connectivity index (χ0) is 14.8. The highest BCUT2D eigenvalue weighted by Crippen LogP contribution is 2.62. The summed E-state index contributed by atoms with van der Waals surface area (Å²) in [5.74, 6) is 2.95. The smallest absolute Gasteiger partial charge is 0.115 e. The van der Waals surface area contributed by atoms with E-state index in [2.05, 4.69) is 19.9 Å². The SMILES string of the molecule is C[C@H]1CC2C(CC[C@@]3(C)C2CC[C@@H]3O)c2ccc(O)cc21. The van der Waals surface area contributed by atoms with Crippen LogP contribution in [-0.2, 0) is 0 Å². The van der Waals surface area contributed by atoms with E-state index in [-0.39, 0.29) is 11.5 Å². The maximum absolute atomic E-state index is 10.4. The van der Waals surface area contributed by atoms with Crippen LogP contribution in [0.2, 0.25) is 0 Å². The van der Waals surface area contributed by atoms with Gasteiger partial charge in [-0.05, 0) is 84.5 Å². The van der Waals surface area contributed by atoms with Crippen LogP contribution in [-0.4, -0.2) is 16.3 Å². The highest BCUT2D eigenvalue weighted by molar-refractivity contribution is 5.42. The topological polar surface area (TPSA) is 40.5 Å². The Morgan fingerprint density at radius 2 is 1.95 bits per heavy atom. The van der Waals surface area contributed by atoms with Crippen LogP contribution in [0, 0.1) is 17.3 Å². The van der Waals surface area contributed by atoms with Crippen molar-refractivity contribution in [3.05, 3.63) is 29.3 Å². The predicted molar refractivity (Wildman–Crippen MR) is 83.4 cm³/mol. The molecule has 0 heterocycles. The Hall–Kier alpha value is -1.02. The Kier molecular flexibility index (Phi) is 2.91. The minimum absolute atomic E-state index is 0.0972. The lowest BCUT2D eigenvalue weighted by Crippen LogP contribution is -2.44. The number of phenolic OH excluding ortho intramolecular Hbond substituents is 1. The number of aromatic hydroxyl groups is 1. The van der Waals surface area contributed by atoms with Crippen molar-refractivity contribution in [3.63, 3.8) is 0 Å². The van der Waals surface area contributed by atoms with E-state index in [0.717, 1.165) is 12.8 Å². The first kappa shape index (κ1) is 13.6. The minimum atomic E-state index is -0.0972. The monoisotopic (exact) mass is 286 g/mol. The maximum atomic E-state index is 10.4. The lowest BCUT2D eigenvalue weighted by molar-refractivity contribution is -0.0245. The number of benzene rings is 1. The van der Waals surface area contributed by atoms with Gasteiger partial charge in [-0.15, -0.1) is 0 Å². The summed E-state index contributed by atoms with van der Waals surface area (Å²) in [6, 6.07) is 5.99. The molecule has 0 aromatic heterocycles. The largest absolute Gasteiger partial charge is 0.508 e. The Bertz CT molecular complexity index is 567. The average molecular weight is 286 g/mol. The highest BCUT2D eigenvalue weighted by Gasteiger charge is 2.54. The third-order valence-corrected chi connectivity index (χ3v) is 7.01. The molecule has 0 saturated heterocycles. The number of hydrogen-bond donors (Lipinski definition) is 2. The average Bonchev–Trinajstić information content (AvgIpc) is 2.76. The molecule has 0 amide bonds. The first-order valence-electron chi connectivity index (χ1n) is 8.51. The summed E-state index contributed by atoms with van der Waals surface area (Å²) in [6.07, 6.45) is 5.64. The lowest BCUT2D eigenvalue weighted by Gasteiger charge is -2.51. The van der Waals surface area contributed by atoms with E-state index in [9.17, 15) is 10.2 Å². The van der Waals surface area contributed by atoms with E-state index in [0.29, 0.717) is 29.4 Å². The Morgan fingerprint density at radius 1 is 1.14 bits per heavy atom. The molecule has 114 valence electrons. The van der Waals surface area contributed by atoms with Crippen LogP contribution in [0.5, 0.6) is 5.75 Å². The molecular formula is C19H26O2. The molecule has 3 aliphatic carbocycles. The molecule has 0 radical (unpaired) electrons. The number of phenols is 1. The van der Waals surface area contributed by atoms with Crippen LogP contribution in [0.3, 0.4) is 0 Å². The molecular weight excluding hydrogens is 260 g/mol. The van der Waals surface area contributed by atoms with Crippen LogP contribution in [0.4, 0.5) is 0 Å². The summed E-state index contributed by atoms with van der Waals surface area (Å²) < 4.78 is 0. The van der Waals surface area contributed by atoms with Crippen molar-refractivity contribution in [2.24, 2.45) is 17.3 Å². The van der Waals surface area contributed by atoms with E-state index >= 15 is 0 Å². The number of aliphatic hydroxyl groups excluding tert-OH is 1. The second kappa shape index (κ2) is 4.49. The molecule has 0 spiro atoms. The van der Waals surface area contributed by atoms with Gasteiger partial charge in [-0.3, -0.25) is 0 Å². The predicted octanol–water partition coefficient (Wildman–Crippen LogP) is 4.17. The van der Waals surface area contributed by atoms with Gasteiger partial charge in [-0.25, -0.2) is 0 Å². The van der Waals surface area contributed by atoms with Crippen molar-refractivity contribution in [3.8, 4) is 5.75 Å². The summed E-state index contributed by atoms with van der Waals surface area (Å²) in [7, 11) is 0. The van der Waals surface area contributed by atoms with Gasteiger partial charge in [0.25, 0.3) is 0 Å². The zero-order valence-electron chi connectivity index (χ0n) is 13.0. The van der Waals surface area contributed by atoms with Crippen LogP contribution >= 0.6 is 0 Å². The van der Waals surface area contributed by atoms with Gasteiger partial charge in [0.1, 0.15) is 5.75 Å². The van der Waals surface area contributed by atoms with Gasteiger partial charge in [-0.1, -0.05) is 19.9 Å². The number of hydrogen-bond acceptors (Lipinski definition) is 2. The fourth-order valence-corrected chi connectivity index (χ4v) is 5.84. The van der Waals surface area contributed by atoms with Crippen molar-refractivity contribution < 1.29 is 10.2 Å². The van der Waals surface area contributed by atoms with Crippen molar-refractivity contribution >= 4 is 0 Å². The third-order valence-electron chi connectivity index (χ3n) is 7.01. The molecule has 2 heteroatoms. The van der Waals surface area contributed by atoms with E-state index < -0.39 is 0 Å². The summed E-state index contributed by atoms with van der Waals surface area (Å²) in [6.45, 7) is 4.62. The van der Waals surface area contributed by atoms with Gasteiger partial charge in [-0.2, -0.15) is 0 Å². The van der Waals surface area contributed by atoms with Crippen molar-refractivity contribution in [2.75, 3.05) is 0 Å². The molecule has 21 heavy (non-hydrogen) atoms. The molecule has 0 aliphatic heterocycles. The molecule has 6 atom stereocenters. The zero-order valence-corrected chi connectivity index (χ0v) is 13.0. The van der Waals surface area contributed by atoms with Gasteiger partial charge in [0.05, 0.1) is 6.10 Å². The maximum Gasteiger partial charge on any atom is 0.115 e. The first-order chi connectivity index (χ1) is 10.0. The van der Waals surface area contributed by atoms with Gasteiger partial charge < -0.3 is 10.2 Å². The molecule has 3 aliphatic rings. The highest BCUT2D eigenvalue weighted by atomic mass is 16.3. The van der Waals surface area contributed by atoms with E-state index in [4.69, 9.17) is 0 Å². The second-order valence-electron chi connectivity index (χ2n) is 7.96. The molecule has 4 rings (SSSR count). The second-order valence-corrected chi connectivity index (χ2v) is 7.96. The molecule has 1 aromatic carbocycles. The van der Waals surface area contributed by atoms with Crippen molar-refractivity contribution in [2.45, 2.75) is 63.9 Å². The van der Waals surface area contributed by atoms with Gasteiger partial charge in [0, 0.05) is 0 Å². The fraction of sp³-hybridized carbons (Fsp3) is 0.684. The van der Waals surface area contributed by atoms with Crippen LogP contribution in [0.1, 0.15) is 68.9 Å². The van der Waals surface area contributed by atoms with Crippen LogP contribution in [0.15, 0.2) is 18.2 Å².